The molecular formula is C12H12ClFN2O3. The van der Waals surface area contributed by atoms with E-state index < -0.39 is 23.9 Å². The fourth-order valence-corrected chi connectivity index (χ4v) is 2.01. The molecule has 7 heteroatoms. The van der Waals surface area contributed by atoms with Crippen molar-refractivity contribution in [3.05, 3.63) is 34.6 Å². The number of likely N-dealkylation sites (N-methyl/N-ethyl adjacent to an activating group) is 1. The van der Waals surface area contributed by atoms with Crippen LogP contribution in [0.25, 0.3) is 0 Å². The van der Waals surface area contributed by atoms with Crippen LogP contribution >= 0.6 is 11.6 Å². The van der Waals surface area contributed by atoms with E-state index >= 15 is 0 Å². The van der Waals surface area contributed by atoms with Gasteiger partial charge in [-0.15, -0.1) is 0 Å². The lowest BCUT2D eigenvalue weighted by Crippen LogP contribution is -2.34. The Balaban J connectivity index is 1.97. The van der Waals surface area contributed by atoms with Gasteiger partial charge in [-0.3, -0.25) is 4.79 Å². The molecule has 1 saturated heterocycles. The molecule has 5 nitrogen and oxygen atoms in total. The van der Waals surface area contributed by atoms with E-state index in [0.717, 1.165) is 6.07 Å². The minimum Gasteiger partial charge on any atom is -0.442 e. The first-order valence-electron chi connectivity index (χ1n) is 5.63. The van der Waals surface area contributed by atoms with Crippen LogP contribution in [0.4, 0.5) is 9.18 Å². The number of hydrogen-bond donors (Lipinski definition) is 1. The quantitative estimate of drug-likeness (QED) is 0.919. The third kappa shape index (κ3) is 2.96. The number of nitrogens with zero attached hydrogens (tertiary/aromatic N) is 1. The van der Waals surface area contributed by atoms with E-state index in [9.17, 15) is 14.0 Å². The summed E-state index contributed by atoms with van der Waals surface area (Å²) < 4.78 is 18.5. The summed E-state index contributed by atoms with van der Waals surface area (Å²) in [6.45, 7) is 0.490. The Bertz CT molecular complexity index is 503. The van der Waals surface area contributed by atoms with Crippen LogP contribution in [0, 0.1) is 5.82 Å². The second-order valence-electron chi connectivity index (χ2n) is 4.19. The Labute approximate surface area is 114 Å². The summed E-state index contributed by atoms with van der Waals surface area (Å²) in [4.78, 5) is 24.3. The number of halogens is 2. The molecule has 0 aliphatic carbocycles. The van der Waals surface area contributed by atoms with Crippen LogP contribution in [0.2, 0.25) is 5.02 Å². The van der Waals surface area contributed by atoms with Crippen LogP contribution in [-0.2, 0) is 4.74 Å². The highest BCUT2D eigenvalue weighted by Crippen LogP contribution is 2.18. The summed E-state index contributed by atoms with van der Waals surface area (Å²) >= 11 is 5.77. The van der Waals surface area contributed by atoms with E-state index in [-0.39, 0.29) is 17.1 Å². The van der Waals surface area contributed by atoms with Crippen molar-refractivity contribution in [2.75, 3.05) is 20.1 Å². The molecule has 1 heterocycles. The highest BCUT2D eigenvalue weighted by molar-refractivity contribution is 6.33. The van der Waals surface area contributed by atoms with Gasteiger partial charge in [0, 0.05) is 7.05 Å². The van der Waals surface area contributed by atoms with Gasteiger partial charge >= 0.3 is 6.09 Å². The van der Waals surface area contributed by atoms with Gasteiger partial charge in [0.1, 0.15) is 11.9 Å². The second-order valence-corrected chi connectivity index (χ2v) is 4.60. The first-order chi connectivity index (χ1) is 8.99. The lowest BCUT2D eigenvalue weighted by atomic mass is 10.2. The molecule has 1 unspecified atom stereocenters. The van der Waals surface area contributed by atoms with E-state index in [1.54, 1.807) is 7.05 Å². The smallest absolute Gasteiger partial charge is 0.410 e. The zero-order chi connectivity index (χ0) is 14.0. The Morgan fingerprint density at radius 2 is 2.37 bits per heavy atom. The van der Waals surface area contributed by atoms with Gasteiger partial charge in [-0.1, -0.05) is 17.7 Å². The summed E-state index contributed by atoms with van der Waals surface area (Å²) in [7, 11) is 1.60. The van der Waals surface area contributed by atoms with Crippen molar-refractivity contribution >= 4 is 23.6 Å². The third-order valence-corrected chi connectivity index (χ3v) is 3.05. The van der Waals surface area contributed by atoms with Crippen LogP contribution in [-0.4, -0.2) is 43.1 Å². The molecule has 102 valence electrons. The number of nitrogens with one attached hydrogen (secondary N) is 1. The van der Waals surface area contributed by atoms with Crippen molar-refractivity contribution in [2.45, 2.75) is 6.10 Å². The first-order valence-corrected chi connectivity index (χ1v) is 6.01. The zero-order valence-corrected chi connectivity index (χ0v) is 10.9. The van der Waals surface area contributed by atoms with Gasteiger partial charge in [-0.2, -0.15) is 0 Å². The van der Waals surface area contributed by atoms with Crippen LogP contribution in [0.15, 0.2) is 18.2 Å². The molecule has 1 N–H and O–H groups in total. The van der Waals surface area contributed by atoms with E-state index in [0.29, 0.717) is 6.54 Å². The van der Waals surface area contributed by atoms with Gasteiger partial charge in [0.25, 0.3) is 5.91 Å². The molecule has 0 saturated carbocycles. The Hall–Kier alpha value is -1.82. The molecule has 2 rings (SSSR count). The summed E-state index contributed by atoms with van der Waals surface area (Å²) in [5.74, 6) is -1.32. The van der Waals surface area contributed by atoms with Gasteiger partial charge in [0.15, 0.2) is 0 Å². The number of ether oxygens (including phenoxy) is 1. The third-order valence-electron chi connectivity index (χ3n) is 2.74. The first kappa shape index (κ1) is 13.6. The molecule has 0 spiro atoms. The maximum atomic E-state index is 13.5. The lowest BCUT2D eigenvalue weighted by molar-refractivity contribution is 0.0911. The van der Waals surface area contributed by atoms with Gasteiger partial charge in [-0.05, 0) is 12.1 Å². The van der Waals surface area contributed by atoms with Gasteiger partial charge in [0.2, 0.25) is 0 Å². The highest BCUT2D eigenvalue weighted by atomic mass is 35.5. The standard InChI is InChI=1S/C12H12ClFN2O3/c1-16-6-7(19-12(16)18)5-15-11(17)10-8(13)3-2-4-9(10)14/h2-4,7H,5-6H2,1H3,(H,15,17). The van der Waals surface area contributed by atoms with Crippen molar-refractivity contribution < 1.29 is 18.7 Å². The van der Waals surface area contributed by atoms with Crippen LogP contribution in [0.5, 0.6) is 0 Å². The molecule has 1 fully saturated rings. The lowest BCUT2D eigenvalue weighted by Gasteiger charge is -2.11. The van der Waals surface area contributed by atoms with Gasteiger partial charge in [-0.25, -0.2) is 9.18 Å². The highest BCUT2D eigenvalue weighted by Gasteiger charge is 2.28. The summed E-state index contributed by atoms with van der Waals surface area (Å²) in [5, 5.41) is 2.54. The average Bonchev–Trinajstić information content (AvgIpc) is 2.66. The number of carbonyl (C=O) groups is 2. The van der Waals surface area contributed by atoms with Crippen molar-refractivity contribution in [1.29, 1.82) is 0 Å². The molecule has 1 aromatic rings. The maximum absolute atomic E-state index is 13.5. The molecule has 19 heavy (non-hydrogen) atoms. The predicted molar refractivity (Wildman–Crippen MR) is 66.6 cm³/mol. The van der Waals surface area contributed by atoms with Crippen LogP contribution in [0.3, 0.4) is 0 Å². The molecule has 0 radical (unpaired) electrons. The topological polar surface area (TPSA) is 58.6 Å². The fourth-order valence-electron chi connectivity index (χ4n) is 1.77. The molecule has 0 bridgehead atoms. The van der Waals surface area contributed by atoms with Gasteiger partial charge < -0.3 is 15.0 Å². The Morgan fingerprint density at radius 3 is 2.95 bits per heavy atom. The SMILES string of the molecule is CN1CC(CNC(=O)c2c(F)cccc2Cl)OC1=O. The van der Waals surface area contributed by atoms with E-state index in [1.165, 1.54) is 17.0 Å². The van der Waals surface area contributed by atoms with E-state index in [2.05, 4.69) is 5.32 Å². The summed E-state index contributed by atoms with van der Waals surface area (Å²) in [5.41, 5.74) is -0.207. The number of cyclic esters (lactones) is 1. The van der Waals surface area contributed by atoms with Crippen molar-refractivity contribution in [2.24, 2.45) is 0 Å². The molecule has 2 amide bonds. The van der Waals surface area contributed by atoms with Crippen molar-refractivity contribution in [3.63, 3.8) is 0 Å². The normalized spacial score (nSPS) is 18.4. The number of hydrogen-bond acceptors (Lipinski definition) is 3. The molecule has 1 atom stereocenters. The fraction of sp³-hybridized carbons (Fsp3) is 0.333. The average molecular weight is 287 g/mol. The molecule has 1 aromatic carbocycles. The van der Waals surface area contributed by atoms with E-state index in [1.807, 2.05) is 0 Å². The minimum absolute atomic E-state index is 0.0398. The van der Waals surface area contributed by atoms with Crippen LogP contribution in [0.1, 0.15) is 10.4 Å². The number of carbonyl (C=O) groups excluding carboxylic acids is 2. The number of rotatable bonds is 3. The molecule has 0 aromatic heterocycles. The summed E-state index contributed by atoms with van der Waals surface area (Å²) in [6.07, 6.45) is -0.879. The van der Waals surface area contributed by atoms with Crippen molar-refractivity contribution in [1.82, 2.24) is 10.2 Å². The minimum atomic E-state index is -0.689. The number of amides is 2. The van der Waals surface area contributed by atoms with Crippen LogP contribution < -0.4 is 5.32 Å². The second kappa shape index (κ2) is 5.44. The molecule has 1 aliphatic rings. The summed E-state index contributed by atoms with van der Waals surface area (Å²) in [6, 6.07) is 4.01. The van der Waals surface area contributed by atoms with Crippen molar-refractivity contribution in [3.8, 4) is 0 Å². The largest absolute Gasteiger partial charge is 0.442 e. The maximum Gasteiger partial charge on any atom is 0.410 e. The van der Waals surface area contributed by atoms with E-state index in [4.69, 9.17) is 16.3 Å². The Kier molecular flexibility index (Phi) is 3.90. The molecular weight excluding hydrogens is 275 g/mol. The Morgan fingerprint density at radius 1 is 1.63 bits per heavy atom. The monoisotopic (exact) mass is 286 g/mol. The number of benzene rings is 1. The molecule has 1 aliphatic heterocycles. The zero-order valence-electron chi connectivity index (χ0n) is 10.2. The van der Waals surface area contributed by atoms with Gasteiger partial charge in [0.05, 0.1) is 23.7 Å². The predicted octanol–water partition coefficient (Wildman–Crippen LogP) is 1.66.